The van der Waals surface area contributed by atoms with Crippen LogP contribution < -0.4 is 5.32 Å². The number of nitro benzene ring substituents is 1. The highest BCUT2D eigenvalue weighted by Crippen LogP contribution is 2.43. The minimum absolute atomic E-state index is 0.119. The Kier molecular flexibility index (Phi) is 3.50. The summed E-state index contributed by atoms with van der Waals surface area (Å²) >= 11 is 2.93. The van der Waals surface area contributed by atoms with Crippen molar-refractivity contribution in [3.8, 4) is 5.75 Å². The number of aromatic hydroxyl groups is 1. The molecule has 0 bridgehead atoms. The van der Waals surface area contributed by atoms with E-state index < -0.39 is 46.6 Å². The summed E-state index contributed by atoms with van der Waals surface area (Å²) in [6.45, 7) is -1.18. The van der Waals surface area contributed by atoms with Crippen LogP contribution in [-0.2, 0) is 4.74 Å². The predicted octanol–water partition coefficient (Wildman–Crippen LogP) is 2.48. The Balaban J connectivity index is 2.56. The third kappa shape index (κ3) is 2.50. The Morgan fingerprint density at radius 2 is 2.20 bits per heavy atom. The zero-order valence-electron chi connectivity index (χ0n) is 9.60. The van der Waals surface area contributed by atoms with Crippen molar-refractivity contribution in [1.29, 1.82) is 0 Å². The van der Waals surface area contributed by atoms with E-state index in [9.17, 15) is 28.8 Å². The first-order valence-electron chi connectivity index (χ1n) is 5.20. The fraction of sp³-hybridized carbons (Fsp3) is 0.300. The van der Waals surface area contributed by atoms with Gasteiger partial charge in [0.05, 0.1) is 4.92 Å². The van der Waals surface area contributed by atoms with Gasteiger partial charge >= 0.3 is 17.7 Å². The van der Waals surface area contributed by atoms with Gasteiger partial charge in [-0.2, -0.15) is 0 Å². The van der Waals surface area contributed by atoms with E-state index in [-0.39, 0.29) is 4.47 Å². The number of hydrogen-bond acceptors (Lipinski definition) is 5. The van der Waals surface area contributed by atoms with Crippen LogP contribution in [0.4, 0.5) is 19.3 Å². The second-order valence-electron chi connectivity index (χ2n) is 4.03. The summed E-state index contributed by atoms with van der Waals surface area (Å²) in [4.78, 5) is 20.9. The predicted molar refractivity (Wildman–Crippen MR) is 64.6 cm³/mol. The van der Waals surface area contributed by atoms with Crippen LogP contribution in [0.5, 0.6) is 5.75 Å². The van der Waals surface area contributed by atoms with Crippen molar-refractivity contribution in [1.82, 2.24) is 5.32 Å². The number of amides is 1. The molecule has 7 nitrogen and oxygen atoms in total. The third-order valence-electron chi connectivity index (χ3n) is 2.67. The number of carbonyl (C=O) groups is 1. The maximum Gasteiger partial charge on any atom is 0.408 e. The van der Waals surface area contributed by atoms with Crippen molar-refractivity contribution in [2.24, 2.45) is 0 Å². The molecule has 1 aliphatic rings. The lowest BCUT2D eigenvalue weighted by molar-refractivity contribution is -0.386. The number of ether oxygens (including phenoxy) is 1. The molecule has 1 aromatic rings. The lowest BCUT2D eigenvalue weighted by Crippen LogP contribution is -2.49. The van der Waals surface area contributed by atoms with Crippen LogP contribution in [0.15, 0.2) is 16.6 Å². The molecule has 0 radical (unpaired) electrons. The highest BCUT2D eigenvalue weighted by Gasteiger charge is 2.48. The molecule has 108 valence electrons. The van der Waals surface area contributed by atoms with E-state index in [2.05, 4.69) is 20.7 Å². The zero-order chi connectivity index (χ0) is 15.1. The van der Waals surface area contributed by atoms with E-state index >= 15 is 0 Å². The van der Waals surface area contributed by atoms with Crippen LogP contribution in [0.25, 0.3) is 0 Å². The number of alkyl carbamates (subject to hydrolysis) is 1. The quantitative estimate of drug-likeness (QED) is 0.628. The normalized spacial score (nSPS) is 20.9. The second-order valence-corrected chi connectivity index (χ2v) is 4.95. The number of nitrogens with one attached hydrogen (secondary N) is 1. The number of carbonyl (C=O) groups excluding carboxylic acids is 1. The molecule has 0 aromatic heterocycles. The molecule has 1 saturated heterocycles. The van der Waals surface area contributed by atoms with Crippen LogP contribution in [0.1, 0.15) is 11.6 Å². The first-order chi connectivity index (χ1) is 9.22. The van der Waals surface area contributed by atoms with E-state index in [1.54, 1.807) is 0 Å². The summed E-state index contributed by atoms with van der Waals surface area (Å²) in [6.07, 6.45) is -1.09. The number of phenols is 1. The Hall–Kier alpha value is -1.97. The number of halogens is 3. The van der Waals surface area contributed by atoms with Gasteiger partial charge in [0.1, 0.15) is 6.04 Å². The summed E-state index contributed by atoms with van der Waals surface area (Å²) < 4.78 is 31.8. The van der Waals surface area contributed by atoms with Crippen LogP contribution in [0.2, 0.25) is 0 Å². The minimum atomic E-state index is -3.51. The zero-order valence-corrected chi connectivity index (χ0v) is 11.2. The Labute approximate surface area is 118 Å². The molecule has 1 amide bonds. The maximum atomic E-state index is 13.7. The van der Waals surface area contributed by atoms with E-state index in [0.717, 1.165) is 12.1 Å². The van der Waals surface area contributed by atoms with Crippen LogP contribution in [0, 0.1) is 10.1 Å². The van der Waals surface area contributed by atoms with Gasteiger partial charge in [0.25, 0.3) is 0 Å². The summed E-state index contributed by atoms with van der Waals surface area (Å²) in [5.41, 5.74) is -1.21. The smallest absolute Gasteiger partial charge is 0.408 e. The second kappa shape index (κ2) is 4.85. The van der Waals surface area contributed by atoms with Gasteiger partial charge in [-0.3, -0.25) is 10.1 Å². The molecule has 0 spiro atoms. The summed E-state index contributed by atoms with van der Waals surface area (Å²) in [5, 5.41) is 22.4. The average Bonchev–Trinajstić information content (AvgIpc) is 2.34. The van der Waals surface area contributed by atoms with Crippen molar-refractivity contribution < 1.29 is 28.3 Å². The lowest BCUT2D eigenvalue weighted by atomic mass is 9.98. The van der Waals surface area contributed by atoms with Crippen molar-refractivity contribution in [2.45, 2.75) is 12.0 Å². The van der Waals surface area contributed by atoms with Gasteiger partial charge < -0.3 is 15.2 Å². The van der Waals surface area contributed by atoms with Crippen molar-refractivity contribution in [3.05, 3.63) is 32.3 Å². The molecule has 0 aliphatic carbocycles. The summed E-state index contributed by atoms with van der Waals surface area (Å²) in [5.74, 6) is -4.44. The first kappa shape index (κ1) is 14.4. The minimum Gasteiger partial charge on any atom is -0.502 e. The molecule has 0 saturated carbocycles. The molecule has 1 aromatic carbocycles. The van der Waals surface area contributed by atoms with Crippen molar-refractivity contribution in [2.75, 3.05) is 6.61 Å². The van der Waals surface area contributed by atoms with Crippen molar-refractivity contribution in [3.63, 3.8) is 0 Å². The largest absolute Gasteiger partial charge is 0.502 e. The molecule has 1 atom stereocenters. The number of phenolic OH excluding ortho intramolecular Hbond substituents is 1. The molecule has 2 N–H and O–H groups in total. The fourth-order valence-electron chi connectivity index (χ4n) is 1.78. The number of nitrogens with zero attached hydrogens (tertiary/aromatic N) is 1. The Bertz CT molecular complexity index is 595. The van der Waals surface area contributed by atoms with Gasteiger partial charge in [-0.15, -0.1) is 0 Å². The monoisotopic (exact) mass is 352 g/mol. The number of nitro groups is 1. The van der Waals surface area contributed by atoms with Crippen molar-refractivity contribution >= 4 is 27.7 Å². The Morgan fingerprint density at radius 1 is 1.55 bits per heavy atom. The van der Waals surface area contributed by atoms with Gasteiger partial charge in [0.15, 0.2) is 12.4 Å². The van der Waals surface area contributed by atoms with E-state index in [1.165, 1.54) is 0 Å². The summed E-state index contributed by atoms with van der Waals surface area (Å²) in [7, 11) is 0. The van der Waals surface area contributed by atoms with Gasteiger partial charge in [-0.1, -0.05) is 15.9 Å². The number of benzene rings is 1. The lowest BCUT2D eigenvalue weighted by Gasteiger charge is -2.32. The molecular weight excluding hydrogens is 346 g/mol. The van der Waals surface area contributed by atoms with E-state index in [1.807, 2.05) is 5.32 Å². The van der Waals surface area contributed by atoms with Gasteiger partial charge in [0.2, 0.25) is 0 Å². The highest BCUT2D eigenvalue weighted by molar-refractivity contribution is 9.10. The van der Waals surface area contributed by atoms with Crippen LogP contribution in [-0.4, -0.2) is 28.7 Å². The Morgan fingerprint density at radius 3 is 2.80 bits per heavy atom. The fourth-order valence-corrected chi connectivity index (χ4v) is 2.24. The average molecular weight is 353 g/mol. The number of alkyl halides is 2. The summed E-state index contributed by atoms with van der Waals surface area (Å²) in [6, 6.07) is 0.130. The molecule has 2 rings (SSSR count). The number of hydrogen-bond donors (Lipinski definition) is 2. The highest BCUT2D eigenvalue weighted by atomic mass is 79.9. The molecule has 1 aliphatic heterocycles. The van der Waals surface area contributed by atoms with Gasteiger partial charge in [-0.05, 0) is 6.07 Å². The maximum absolute atomic E-state index is 13.7. The number of cyclic esters (lactones) is 1. The molecular formula is C10H7BrF2N2O5. The third-order valence-corrected chi connectivity index (χ3v) is 3.13. The molecule has 0 unspecified atom stereocenters. The van der Waals surface area contributed by atoms with E-state index in [0.29, 0.717) is 0 Å². The first-order valence-corrected chi connectivity index (χ1v) is 5.99. The molecule has 10 heteroatoms. The standard InChI is InChI=1S/C10H7BrF2N2O5/c11-4-1-5(7(16)6(2-4)15(18)19)8-10(12,13)3-20-9(17)14-8/h1-2,8,16H,3H2,(H,14,17)/t8-/m0/s1. The van der Waals surface area contributed by atoms with Crippen LogP contribution in [0.3, 0.4) is 0 Å². The number of rotatable bonds is 2. The molecule has 1 fully saturated rings. The molecule has 1 heterocycles. The van der Waals surface area contributed by atoms with Gasteiger partial charge in [-0.25, -0.2) is 13.6 Å². The SMILES string of the molecule is O=C1N[C@@H](c2cc(Br)cc([N+](=O)[O-])c2O)C(F)(F)CO1. The molecule has 20 heavy (non-hydrogen) atoms. The van der Waals surface area contributed by atoms with Gasteiger partial charge in [0, 0.05) is 16.1 Å². The van der Waals surface area contributed by atoms with E-state index in [4.69, 9.17) is 0 Å². The van der Waals surface area contributed by atoms with Crippen LogP contribution >= 0.6 is 15.9 Å². The topological polar surface area (TPSA) is 102 Å².